The minimum Gasteiger partial charge on any atom is -0.309 e. The Morgan fingerprint density at radius 2 is 0.839 bits per heavy atom. The standard InChI is InChI=1S/C54H34N8/c1-3-11-35(12-4-1)44-31-57-51(33-55-44)59-27-25-37-29-39(19-22-46(37)59)61-49-18-10-8-16-43(49)53-50(61)24-21-42-41-15-7-9-17-48(41)62(54(42)53)40-20-23-47-38(30-40)26-28-60(47)52-34-56-45(32-58-52)36-13-5-2-6-14-36/h1-34H. The first-order valence-electron chi connectivity index (χ1n) is 20.7. The molecular formula is C54H34N8. The number of aromatic nitrogens is 8. The molecule has 0 aliphatic heterocycles. The van der Waals surface area contributed by atoms with E-state index in [1.54, 1.807) is 0 Å². The van der Waals surface area contributed by atoms with Crippen LogP contribution in [0.1, 0.15) is 0 Å². The molecule has 0 radical (unpaired) electrons. The van der Waals surface area contributed by atoms with Crippen LogP contribution in [0, 0.1) is 0 Å². The van der Waals surface area contributed by atoms with E-state index in [1.165, 1.54) is 27.1 Å². The molecule has 0 bridgehead atoms. The predicted octanol–water partition coefficient (Wildman–Crippen LogP) is 12.7. The summed E-state index contributed by atoms with van der Waals surface area (Å²) in [7, 11) is 0. The van der Waals surface area contributed by atoms with E-state index in [0.717, 1.165) is 83.9 Å². The summed E-state index contributed by atoms with van der Waals surface area (Å²) in [5.41, 5.74) is 12.8. The molecule has 13 aromatic rings. The van der Waals surface area contributed by atoms with Crippen molar-refractivity contribution in [2.75, 3.05) is 0 Å². The summed E-state index contributed by atoms with van der Waals surface area (Å²) in [6.45, 7) is 0. The van der Waals surface area contributed by atoms with Gasteiger partial charge in [0, 0.05) is 67.2 Å². The van der Waals surface area contributed by atoms with E-state index in [0.29, 0.717) is 0 Å². The van der Waals surface area contributed by atoms with Gasteiger partial charge in [0.05, 0.1) is 69.3 Å². The zero-order chi connectivity index (χ0) is 40.7. The van der Waals surface area contributed by atoms with Gasteiger partial charge in [-0.3, -0.25) is 19.1 Å². The van der Waals surface area contributed by atoms with Crippen molar-refractivity contribution in [1.29, 1.82) is 0 Å². The molecule has 8 heteroatoms. The maximum atomic E-state index is 4.82. The summed E-state index contributed by atoms with van der Waals surface area (Å²) >= 11 is 0. The number of benzene rings is 7. The minimum atomic E-state index is 0.778. The Morgan fingerprint density at radius 3 is 1.40 bits per heavy atom. The second-order valence-corrected chi connectivity index (χ2v) is 15.7. The van der Waals surface area contributed by atoms with Gasteiger partial charge >= 0.3 is 0 Å². The Morgan fingerprint density at radius 1 is 0.339 bits per heavy atom. The molecule has 0 unspecified atom stereocenters. The SMILES string of the molecule is c1ccc(-c2cnc(-n3ccc4cc(-n5c6ccccc6c6c5ccc5c7ccccc7n(-c7ccc8c(ccn8-c8cnc(-c9ccccc9)cn8)c7)c56)ccc43)cn2)cc1. The lowest BCUT2D eigenvalue weighted by molar-refractivity contribution is 1.01. The number of hydrogen-bond donors (Lipinski definition) is 0. The number of para-hydroxylation sites is 2. The van der Waals surface area contributed by atoms with Crippen LogP contribution in [0.3, 0.4) is 0 Å². The largest absolute Gasteiger partial charge is 0.309 e. The Bertz CT molecular complexity index is 3840. The van der Waals surface area contributed by atoms with Gasteiger partial charge in [0.2, 0.25) is 0 Å². The van der Waals surface area contributed by atoms with Crippen LogP contribution in [0.15, 0.2) is 207 Å². The van der Waals surface area contributed by atoms with Crippen LogP contribution in [0.25, 0.3) is 111 Å². The monoisotopic (exact) mass is 794 g/mol. The van der Waals surface area contributed by atoms with Crippen molar-refractivity contribution in [2.45, 2.75) is 0 Å². The maximum absolute atomic E-state index is 4.82. The van der Waals surface area contributed by atoms with Crippen molar-refractivity contribution >= 4 is 65.4 Å². The Balaban J connectivity index is 0.948. The van der Waals surface area contributed by atoms with E-state index < -0.39 is 0 Å². The zero-order valence-corrected chi connectivity index (χ0v) is 33.2. The molecule has 0 saturated carbocycles. The molecule has 290 valence electrons. The number of nitrogens with zero attached hydrogens (tertiary/aromatic N) is 8. The number of fused-ring (bicyclic) bond motifs is 9. The Kier molecular flexibility index (Phi) is 7.43. The van der Waals surface area contributed by atoms with E-state index in [9.17, 15) is 0 Å². The summed E-state index contributed by atoms with van der Waals surface area (Å²) in [5, 5.41) is 7.09. The maximum Gasteiger partial charge on any atom is 0.155 e. The molecule has 8 nitrogen and oxygen atoms in total. The molecule has 0 N–H and O–H groups in total. The fraction of sp³-hybridized carbons (Fsp3) is 0. The van der Waals surface area contributed by atoms with E-state index in [4.69, 9.17) is 19.9 Å². The average Bonchev–Trinajstić information content (AvgIpc) is 4.13. The molecule has 13 rings (SSSR count). The van der Waals surface area contributed by atoms with Crippen molar-refractivity contribution in [1.82, 2.24) is 38.2 Å². The molecule has 6 heterocycles. The molecule has 0 saturated heterocycles. The van der Waals surface area contributed by atoms with Gasteiger partial charge in [0.1, 0.15) is 0 Å². The van der Waals surface area contributed by atoms with Crippen LogP contribution < -0.4 is 0 Å². The summed E-state index contributed by atoms with van der Waals surface area (Å²) < 4.78 is 9.07. The summed E-state index contributed by atoms with van der Waals surface area (Å²) in [6.07, 6.45) is 11.5. The first kappa shape index (κ1) is 34.3. The molecule has 62 heavy (non-hydrogen) atoms. The van der Waals surface area contributed by atoms with Gasteiger partial charge in [-0.15, -0.1) is 0 Å². The third-order valence-corrected chi connectivity index (χ3v) is 12.2. The molecule has 0 aliphatic rings. The molecule has 6 aromatic heterocycles. The Labute approximate surface area is 354 Å². The van der Waals surface area contributed by atoms with Crippen molar-refractivity contribution in [3.05, 3.63) is 207 Å². The van der Waals surface area contributed by atoms with Crippen LogP contribution in [-0.2, 0) is 0 Å². The summed E-state index contributed by atoms with van der Waals surface area (Å²) in [6, 6.07) is 60.1. The van der Waals surface area contributed by atoms with Crippen LogP contribution in [0.2, 0.25) is 0 Å². The van der Waals surface area contributed by atoms with Gasteiger partial charge in [-0.05, 0) is 66.7 Å². The lowest BCUT2D eigenvalue weighted by atomic mass is 10.1. The van der Waals surface area contributed by atoms with Crippen LogP contribution in [0.4, 0.5) is 0 Å². The van der Waals surface area contributed by atoms with Gasteiger partial charge < -0.3 is 9.13 Å². The molecule has 0 fully saturated rings. The predicted molar refractivity (Wildman–Crippen MR) is 251 cm³/mol. The highest BCUT2D eigenvalue weighted by Gasteiger charge is 2.22. The molecule has 0 spiro atoms. The van der Waals surface area contributed by atoms with Crippen LogP contribution >= 0.6 is 0 Å². The second kappa shape index (κ2) is 13.5. The van der Waals surface area contributed by atoms with E-state index in [-0.39, 0.29) is 0 Å². The lowest BCUT2D eigenvalue weighted by Gasteiger charge is -2.11. The fourth-order valence-electron chi connectivity index (χ4n) is 9.40. The first-order valence-corrected chi connectivity index (χ1v) is 20.7. The van der Waals surface area contributed by atoms with E-state index in [2.05, 4.69) is 164 Å². The average molecular weight is 795 g/mol. The lowest BCUT2D eigenvalue weighted by Crippen LogP contribution is -1.99. The summed E-state index contributed by atoms with van der Waals surface area (Å²) in [5.74, 6) is 1.56. The van der Waals surface area contributed by atoms with Crippen LogP contribution in [-0.4, -0.2) is 38.2 Å². The highest BCUT2D eigenvalue weighted by Crippen LogP contribution is 2.42. The van der Waals surface area contributed by atoms with Gasteiger partial charge in [0.25, 0.3) is 0 Å². The minimum absolute atomic E-state index is 0.778. The number of hydrogen-bond acceptors (Lipinski definition) is 4. The highest BCUT2D eigenvalue weighted by molar-refractivity contribution is 6.26. The topological polar surface area (TPSA) is 71.3 Å². The van der Waals surface area contributed by atoms with E-state index >= 15 is 0 Å². The second-order valence-electron chi connectivity index (χ2n) is 15.7. The normalized spacial score (nSPS) is 11.9. The van der Waals surface area contributed by atoms with Crippen LogP contribution in [0.5, 0.6) is 0 Å². The zero-order valence-electron chi connectivity index (χ0n) is 33.2. The van der Waals surface area contributed by atoms with Gasteiger partial charge in [0.15, 0.2) is 11.6 Å². The highest BCUT2D eigenvalue weighted by atomic mass is 15.1. The first-order chi connectivity index (χ1) is 30.7. The van der Waals surface area contributed by atoms with Gasteiger partial charge in [-0.2, -0.15) is 0 Å². The van der Waals surface area contributed by atoms with Gasteiger partial charge in [-0.1, -0.05) is 103 Å². The molecule has 0 atom stereocenters. The van der Waals surface area contributed by atoms with E-state index in [1.807, 2.05) is 61.2 Å². The van der Waals surface area contributed by atoms with Crippen molar-refractivity contribution < 1.29 is 0 Å². The molecule has 0 amide bonds. The quantitative estimate of drug-likeness (QED) is 0.168. The van der Waals surface area contributed by atoms with Crippen molar-refractivity contribution in [3.8, 4) is 45.5 Å². The third kappa shape index (κ3) is 5.20. The van der Waals surface area contributed by atoms with Crippen molar-refractivity contribution in [3.63, 3.8) is 0 Å². The van der Waals surface area contributed by atoms with Gasteiger partial charge in [-0.25, -0.2) is 9.97 Å². The smallest absolute Gasteiger partial charge is 0.155 e. The fourth-order valence-corrected chi connectivity index (χ4v) is 9.40. The summed E-state index contributed by atoms with van der Waals surface area (Å²) in [4.78, 5) is 19.1. The third-order valence-electron chi connectivity index (χ3n) is 12.2. The van der Waals surface area contributed by atoms with Crippen molar-refractivity contribution in [2.24, 2.45) is 0 Å². The molecule has 7 aromatic carbocycles. The number of rotatable bonds is 6. The molecule has 0 aliphatic carbocycles. The Hall–Kier alpha value is -8.62. The molecular weight excluding hydrogens is 761 g/mol.